The maximum atomic E-state index is 12.6. The monoisotopic (exact) mass is 418 g/mol. The predicted octanol–water partition coefficient (Wildman–Crippen LogP) is 4.49. The molecule has 7 nitrogen and oxygen atoms in total. The highest BCUT2D eigenvalue weighted by atomic mass is 16.1. The van der Waals surface area contributed by atoms with Crippen molar-refractivity contribution in [2.24, 2.45) is 16.6 Å². The Bertz CT molecular complexity index is 1150. The van der Waals surface area contributed by atoms with Crippen molar-refractivity contribution in [3.05, 3.63) is 53.6 Å². The van der Waals surface area contributed by atoms with Crippen LogP contribution < -0.4 is 11.1 Å². The SMILES string of the molecule is CC(C)CC(N)=NC(=N)c1ccc2[nH]nc(-c3cccc(C(=O)NC(C)(C)C)c3)c2c1. The number of hydrogen-bond donors (Lipinski definition) is 4. The van der Waals surface area contributed by atoms with Gasteiger partial charge in [-0.25, -0.2) is 4.99 Å². The normalized spacial score (nSPS) is 12.4. The Morgan fingerprint density at radius 2 is 1.94 bits per heavy atom. The number of rotatable bonds is 5. The van der Waals surface area contributed by atoms with Crippen LogP contribution >= 0.6 is 0 Å². The zero-order valence-electron chi connectivity index (χ0n) is 18.7. The van der Waals surface area contributed by atoms with E-state index in [1.54, 1.807) is 6.07 Å². The highest BCUT2D eigenvalue weighted by molar-refractivity contribution is 6.07. The first-order chi connectivity index (χ1) is 14.5. The third-order valence-corrected chi connectivity index (χ3v) is 4.60. The van der Waals surface area contributed by atoms with Gasteiger partial charge in [0.2, 0.25) is 0 Å². The minimum Gasteiger partial charge on any atom is -0.387 e. The van der Waals surface area contributed by atoms with E-state index in [9.17, 15) is 4.79 Å². The van der Waals surface area contributed by atoms with Crippen molar-refractivity contribution in [2.75, 3.05) is 0 Å². The van der Waals surface area contributed by atoms with Gasteiger partial charge in [0.25, 0.3) is 5.91 Å². The molecule has 0 bridgehead atoms. The molecule has 7 heteroatoms. The van der Waals surface area contributed by atoms with Crippen molar-refractivity contribution in [3.8, 4) is 11.3 Å². The maximum Gasteiger partial charge on any atom is 0.251 e. The number of H-pyrrole nitrogens is 1. The first-order valence-electron chi connectivity index (χ1n) is 10.4. The van der Waals surface area contributed by atoms with E-state index in [2.05, 4.69) is 34.4 Å². The number of hydrogen-bond acceptors (Lipinski definition) is 3. The van der Waals surface area contributed by atoms with E-state index in [4.69, 9.17) is 11.1 Å². The molecule has 0 saturated heterocycles. The van der Waals surface area contributed by atoms with E-state index < -0.39 is 0 Å². The summed E-state index contributed by atoms with van der Waals surface area (Å²) in [6, 6.07) is 13.0. The van der Waals surface area contributed by atoms with Gasteiger partial charge in [-0.2, -0.15) is 5.10 Å². The molecule has 0 aliphatic carbocycles. The van der Waals surface area contributed by atoms with Gasteiger partial charge in [-0.1, -0.05) is 26.0 Å². The predicted molar refractivity (Wildman–Crippen MR) is 127 cm³/mol. The summed E-state index contributed by atoms with van der Waals surface area (Å²) in [4.78, 5) is 16.8. The minimum absolute atomic E-state index is 0.116. The van der Waals surface area contributed by atoms with Crippen LogP contribution in [0.2, 0.25) is 0 Å². The number of aliphatic imine (C=N–C) groups is 1. The summed E-state index contributed by atoms with van der Waals surface area (Å²) in [5.74, 6) is 0.810. The number of aromatic nitrogens is 2. The fourth-order valence-corrected chi connectivity index (χ4v) is 3.27. The van der Waals surface area contributed by atoms with Gasteiger partial charge in [-0.05, 0) is 57.0 Å². The second kappa shape index (κ2) is 8.71. The molecule has 0 saturated carbocycles. The van der Waals surface area contributed by atoms with Crippen LogP contribution in [-0.4, -0.2) is 33.3 Å². The number of amides is 1. The van der Waals surface area contributed by atoms with Crippen LogP contribution in [0.25, 0.3) is 22.2 Å². The van der Waals surface area contributed by atoms with Crippen LogP contribution in [0.15, 0.2) is 47.5 Å². The van der Waals surface area contributed by atoms with Gasteiger partial charge in [-0.15, -0.1) is 0 Å². The van der Waals surface area contributed by atoms with Crippen LogP contribution in [0.5, 0.6) is 0 Å². The van der Waals surface area contributed by atoms with E-state index in [1.165, 1.54) is 0 Å². The Morgan fingerprint density at radius 1 is 1.19 bits per heavy atom. The van der Waals surface area contributed by atoms with Crippen molar-refractivity contribution >= 4 is 28.5 Å². The number of nitrogens with two attached hydrogens (primary N) is 1. The van der Waals surface area contributed by atoms with Gasteiger partial charge >= 0.3 is 0 Å². The molecule has 0 aliphatic heterocycles. The first-order valence-corrected chi connectivity index (χ1v) is 10.4. The summed E-state index contributed by atoms with van der Waals surface area (Å²) in [6.07, 6.45) is 0.644. The number of amidine groups is 2. The van der Waals surface area contributed by atoms with Gasteiger partial charge in [0, 0.05) is 34.0 Å². The molecule has 2 aromatic carbocycles. The lowest BCUT2D eigenvalue weighted by molar-refractivity contribution is 0.0919. The lowest BCUT2D eigenvalue weighted by Crippen LogP contribution is -2.40. The molecule has 0 aliphatic rings. The second-order valence-corrected chi connectivity index (χ2v) is 9.17. The molecule has 5 N–H and O–H groups in total. The Labute approximate surface area is 182 Å². The molecular formula is C24H30N6O. The van der Waals surface area contributed by atoms with Crippen molar-refractivity contribution in [1.82, 2.24) is 15.5 Å². The summed E-state index contributed by atoms with van der Waals surface area (Å²) in [5, 5.41) is 19.6. The Kier molecular flexibility index (Phi) is 6.24. The standard InChI is InChI=1S/C24H30N6O/c1-14(2)11-20(25)27-22(26)16-9-10-19-18(13-16)21(30-29-19)15-7-6-8-17(12-15)23(31)28-24(3,4)5/h6-10,12-14H,11H2,1-5H3,(H,28,31)(H,29,30)(H3,25,26,27). The van der Waals surface area contributed by atoms with Crippen LogP contribution in [-0.2, 0) is 0 Å². The quantitative estimate of drug-likeness (QED) is 0.361. The fraction of sp³-hybridized carbons (Fsp3) is 0.333. The van der Waals surface area contributed by atoms with Gasteiger partial charge < -0.3 is 11.1 Å². The molecule has 0 atom stereocenters. The maximum absolute atomic E-state index is 12.6. The topological polar surface area (TPSA) is 120 Å². The van der Waals surface area contributed by atoms with E-state index >= 15 is 0 Å². The number of nitrogens with zero attached hydrogens (tertiary/aromatic N) is 2. The summed E-state index contributed by atoms with van der Waals surface area (Å²) >= 11 is 0. The first kappa shape index (κ1) is 22.2. The van der Waals surface area contributed by atoms with Gasteiger partial charge in [0.05, 0.1) is 11.2 Å². The van der Waals surface area contributed by atoms with E-state index in [1.807, 2.05) is 57.2 Å². The Morgan fingerprint density at radius 3 is 2.61 bits per heavy atom. The summed E-state index contributed by atoms with van der Waals surface area (Å²) in [6.45, 7) is 9.96. The molecule has 0 fully saturated rings. The number of aromatic amines is 1. The van der Waals surface area contributed by atoms with Crippen LogP contribution in [0.1, 0.15) is 57.0 Å². The molecule has 0 unspecified atom stereocenters. The number of benzene rings is 2. The molecule has 1 heterocycles. The lowest BCUT2D eigenvalue weighted by Gasteiger charge is -2.20. The van der Waals surface area contributed by atoms with Crippen molar-refractivity contribution in [3.63, 3.8) is 0 Å². The smallest absolute Gasteiger partial charge is 0.251 e. The summed E-state index contributed by atoms with van der Waals surface area (Å²) in [7, 11) is 0. The zero-order valence-corrected chi connectivity index (χ0v) is 18.7. The summed E-state index contributed by atoms with van der Waals surface area (Å²) in [5.41, 5.74) is 9.25. The molecule has 162 valence electrons. The summed E-state index contributed by atoms with van der Waals surface area (Å²) < 4.78 is 0. The number of carbonyl (C=O) groups excluding carboxylic acids is 1. The van der Waals surface area contributed by atoms with Gasteiger partial charge in [-0.3, -0.25) is 15.3 Å². The largest absolute Gasteiger partial charge is 0.387 e. The number of carbonyl (C=O) groups is 1. The highest BCUT2D eigenvalue weighted by Crippen LogP contribution is 2.28. The van der Waals surface area contributed by atoms with Crippen molar-refractivity contribution in [2.45, 2.75) is 46.6 Å². The molecule has 0 radical (unpaired) electrons. The van der Waals surface area contributed by atoms with Crippen molar-refractivity contribution in [1.29, 1.82) is 5.41 Å². The average molecular weight is 419 g/mol. The van der Waals surface area contributed by atoms with Gasteiger partial charge in [0.1, 0.15) is 5.84 Å². The van der Waals surface area contributed by atoms with Crippen LogP contribution in [0.4, 0.5) is 0 Å². The molecule has 3 aromatic rings. The Balaban J connectivity index is 1.96. The van der Waals surface area contributed by atoms with Crippen molar-refractivity contribution < 1.29 is 4.79 Å². The second-order valence-electron chi connectivity index (χ2n) is 9.17. The minimum atomic E-state index is -0.320. The van der Waals surface area contributed by atoms with E-state index in [0.29, 0.717) is 35.0 Å². The molecule has 1 aromatic heterocycles. The third kappa shape index (κ3) is 5.57. The van der Waals surface area contributed by atoms with Gasteiger partial charge in [0.15, 0.2) is 5.84 Å². The number of fused-ring (bicyclic) bond motifs is 1. The molecule has 0 spiro atoms. The fourth-order valence-electron chi connectivity index (χ4n) is 3.27. The molecule has 3 rings (SSSR count). The molecule has 31 heavy (non-hydrogen) atoms. The molecule has 1 amide bonds. The van der Waals surface area contributed by atoms with Crippen LogP contribution in [0.3, 0.4) is 0 Å². The average Bonchev–Trinajstić information content (AvgIpc) is 3.09. The van der Waals surface area contributed by atoms with E-state index in [0.717, 1.165) is 16.5 Å². The third-order valence-electron chi connectivity index (χ3n) is 4.60. The highest BCUT2D eigenvalue weighted by Gasteiger charge is 2.17. The zero-order chi connectivity index (χ0) is 22.8. The number of nitrogens with one attached hydrogen (secondary N) is 3. The lowest BCUT2D eigenvalue weighted by atomic mass is 10.0. The van der Waals surface area contributed by atoms with E-state index in [-0.39, 0.29) is 17.3 Å². The van der Waals surface area contributed by atoms with Crippen LogP contribution in [0, 0.1) is 11.3 Å². The Hall–Kier alpha value is -3.48. The molecular weight excluding hydrogens is 388 g/mol.